The van der Waals surface area contributed by atoms with E-state index in [4.69, 9.17) is 10.5 Å². The standard InChI is InChI=1S/C10H16N2O3S2/c1-7-9(3-4-15-7)12(2)17(13,14)10-5-8(11)6-16-10/h5-7,9H,3-4,11H2,1-2H3. The third-order valence-corrected chi connectivity index (χ3v) is 6.35. The Hall–Kier alpha value is -0.630. The molecule has 0 bridgehead atoms. The molecule has 1 aliphatic rings. The molecule has 17 heavy (non-hydrogen) atoms. The second-order valence-corrected chi connectivity index (χ2v) is 7.29. The lowest BCUT2D eigenvalue weighted by Gasteiger charge is -2.25. The highest BCUT2D eigenvalue weighted by molar-refractivity contribution is 7.91. The maximum absolute atomic E-state index is 12.3. The number of nitrogens with two attached hydrogens (primary N) is 1. The van der Waals surface area contributed by atoms with Gasteiger partial charge in [0.2, 0.25) is 0 Å². The van der Waals surface area contributed by atoms with Crippen molar-refractivity contribution >= 4 is 27.0 Å². The molecule has 7 heteroatoms. The zero-order valence-corrected chi connectivity index (χ0v) is 11.4. The topological polar surface area (TPSA) is 72.6 Å². The van der Waals surface area contributed by atoms with Gasteiger partial charge in [0.15, 0.2) is 0 Å². The van der Waals surface area contributed by atoms with Crippen molar-refractivity contribution < 1.29 is 13.2 Å². The summed E-state index contributed by atoms with van der Waals surface area (Å²) in [5, 5.41) is 1.63. The van der Waals surface area contributed by atoms with E-state index in [-0.39, 0.29) is 16.4 Å². The average molecular weight is 276 g/mol. The number of rotatable bonds is 3. The summed E-state index contributed by atoms with van der Waals surface area (Å²) in [4.78, 5) is 0. The molecule has 1 saturated heterocycles. The van der Waals surface area contributed by atoms with Crippen LogP contribution in [0.1, 0.15) is 13.3 Å². The van der Waals surface area contributed by atoms with E-state index in [2.05, 4.69) is 0 Å². The predicted octanol–water partition coefficient (Wildman–Crippen LogP) is 1.13. The first kappa shape index (κ1) is 12.8. The Morgan fingerprint density at radius 2 is 2.29 bits per heavy atom. The van der Waals surface area contributed by atoms with Gasteiger partial charge >= 0.3 is 0 Å². The fourth-order valence-corrected chi connectivity index (χ4v) is 4.69. The van der Waals surface area contributed by atoms with Crippen LogP contribution in [0.3, 0.4) is 0 Å². The van der Waals surface area contributed by atoms with Crippen molar-refractivity contribution in [1.29, 1.82) is 0 Å². The van der Waals surface area contributed by atoms with E-state index in [1.165, 1.54) is 10.4 Å². The fraction of sp³-hybridized carbons (Fsp3) is 0.600. The van der Waals surface area contributed by atoms with Crippen molar-refractivity contribution in [3.63, 3.8) is 0 Å². The van der Waals surface area contributed by atoms with Crippen LogP contribution in [0.5, 0.6) is 0 Å². The zero-order chi connectivity index (χ0) is 12.6. The van der Waals surface area contributed by atoms with Crippen LogP contribution >= 0.6 is 11.3 Å². The molecule has 5 nitrogen and oxygen atoms in total. The summed E-state index contributed by atoms with van der Waals surface area (Å²) >= 11 is 1.15. The van der Waals surface area contributed by atoms with Gasteiger partial charge in [-0.05, 0) is 19.4 Å². The summed E-state index contributed by atoms with van der Waals surface area (Å²) in [5.41, 5.74) is 6.04. The van der Waals surface area contributed by atoms with Crippen molar-refractivity contribution in [2.45, 2.75) is 29.7 Å². The van der Waals surface area contributed by atoms with E-state index >= 15 is 0 Å². The van der Waals surface area contributed by atoms with Crippen LogP contribution in [0.15, 0.2) is 15.7 Å². The van der Waals surface area contributed by atoms with Gasteiger partial charge in [0.1, 0.15) is 4.21 Å². The third kappa shape index (κ3) is 2.33. The van der Waals surface area contributed by atoms with Gasteiger partial charge in [0, 0.05) is 24.7 Å². The Morgan fingerprint density at radius 3 is 2.76 bits per heavy atom. The molecule has 0 spiro atoms. The molecule has 2 rings (SSSR count). The molecule has 1 aliphatic heterocycles. The lowest BCUT2D eigenvalue weighted by atomic mass is 10.2. The summed E-state index contributed by atoms with van der Waals surface area (Å²) in [5.74, 6) is 0. The Balaban J connectivity index is 2.26. The van der Waals surface area contributed by atoms with E-state index in [0.717, 1.165) is 17.8 Å². The molecule has 1 aromatic heterocycles. The molecule has 0 aliphatic carbocycles. The summed E-state index contributed by atoms with van der Waals surface area (Å²) in [6.45, 7) is 2.50. The molecule has 0 radical (unpaired) electrons. The highest BCUT2D eigenvalue weighted by Gasteiger charge is 2.35. The number of thiophene rings is 1. The molecule has 1 fully saturated rings. The Labute approximate surface area is 105 Å². The third-order valence-electron chi connectivity index (χ3n) is 3.03. The molecule has 0 saturated carbocycles. The summed E-state index contributed by atoms with van der Waals surface area (Å²) < 4.78 is 31.7. The number of anilines is 1. The Kier molecular flexibility index (Phi) is 3.44. The van der Waals surface area contributed by atoms with Gasteiger partial charge in [0.05, 0.1) is 12.1 Å². The van der Waals surface area contributed by atoms with Gasteiger partial charge in [-0.1, -0.05) is 0 Å². The maximum Gasteiger partial charge on any atom is 0.252 e. The number of sulfonamides is 1. The lowest BCUT2D eigenvalue weighted by molar-refractivity contribution is 0.102. The second kappa shape index (κ2) is 4.56. The number of ether oxygens (including phenoxy) is 1. The van der Waals surface area contributed by atoms with Gasteiger partial charge in [0.25, 0.3) is 10.0 Å². The van der Waals surface area contributed by atoms with Gasteiger partial charge in [-0.15, -0.1) is 11.3 Å². The van der Waals surface area contributed by atoms with Crippen LogP contribution in [-0.2, 0) is 14.8 Å². The van der Waals surface area contributed by atoms with Crippen LogP contribution in [0.2, 0.25) is 0 Å². The normalized spacial score (nSPS) is 25.6. The summed E-state index contributed by atoms with van der Waals surface area (Å²) in [7, 11) is -1.84. The lowest BCUT2D eigenvalue weighted by Crippen LogP contribution is -2.40. The minimum Gasteiger partial charge on any atom is -0.398 e. The molecule has 2 unspecified atom stereocenters. The van der Waals surface area contributed by atoms with Crippen molar-refractivity contribution in [1.82, 2.24) is 4.31 Å². The van der Waals surface area contributed by atoms with E-state index in [0.29, 0.717) is 12.3 Å². The molecular weight excluding hydrogens is 260 g/mol. The molecule has 2 atom stereocenters. The first-order chi connectivity index (χ1) is 7.93. The van der Waals surface area contributed by atoms with Crippen LogP contribution in [-0.4, -0.2) is 38.5 Å². The zero-order valence-electron chi connectivity index (χ0n) is 9.79. The Morgan fingerprint density at radius 1 is 1.59 bits per heavy atom. The number of nitrogen functional groups attached to an aromatic ring is 1. The SMILES string of the molecule is CC1OCCC1N(C)S(=O)(=O)c1cc(N)cs1. The quantitative estimate of drug-likeness (QED) is 0.898. The van der Waals surface area contributed by atoms with Crippen molar-refractivity contribution in [2.75, 3.05) is 19.4 Å². The fourth-order valence-electron chi connectivity index (χ4n) is 1.98. The smallest absolute Gasteiger partial charge is 0.252 e. The van der Waals surface area contributed by atoms with Gasteiger partial charge in [-0.2, -0.15) is 4.31 Å². The monoisotopic (exact) mass is 276 g/mol. The van der Waals surface area contributed by atoms with Gasteiger partial charge < -0.3 is 10.5 Å². The number of nitrogens with zero attached hydrogens (tertiary/aromatic N) is 1. The summed E-state index contributed by atoms with van der Waals surface area (Å²) in [6, 6.07) is 1.40. The highest BCUT2D eigenvalue weighted by atomic mass is 32.2. The van der Waals surface area contributed by atoms with Gasteiger partial charge in [-0.3, -0.25) is 0 Å². The molecule has 2 N–H and O–H groups in total. The molecule has 0 amide bonds. The molecular formula is C10H16N2O3S2. The second-order valence-electron chi connectivity index (χ2n) is 4.15. The summed E-state index contributed by atoms with van der Waals surface area (Å²) in [6.07, 6.45) is 0.671. The van der Waals surface area contributed by atoms with Crippen molar-refractivity contribution in [3.8, 4) is 0 Å². The number of likely N-dealkylation sites (N-methyl/N-ethyl adjacent to an activating group) is 1. The van der Waals surface area contributed by atoms with Crippen LogP contribution in [0, 0.1) is 0 Å². The van der Waals surface area contributed by atoms with E-state index in [1.54, 1.807) is 12.4 Å². The number of hydrogen-bond acceptors (Lipinski definition) is 5. The largest absolute Gasteiger partial charge is 0.398 e. The van der Waals surface area contributed by atoms with E-state index in [1.807, 2.05) is 6.92 Å². The Bertz CT molecular complexity index is 497. The van der Waals surface area contributed by atoms with Crippen LogP contribution in [0.4, 0.5) is 5.69 Å². The van der Waals surface area contributed by atoms with Crippen molar-refractivity contribution in [3.05, 3.63) is 11.4 Å². The molecule has 2 heterocycles. The molecule has 96 valence electrons. The molecule has 0 aromatic carbocycles. The van der Waals surface area contributed by atoms with Crippen LogP contribution in [0.25, 0.3) is 0 Å². The van der Waals surface area contributed by atoms with Crippen LogP contribution < -0.4 is 5.73 Å². The van der Waals surface area contributed by atoms with Crippen molar-refractivity contribution in [2.24, 2.45) is 0 Å². The van der Waals surface area contributed by atoms with E-state index in [9.17, 15) is 8.42 Å². The van der Waals surface area contributed by atoms with E-state index < -0.39 is 10.0 Å². The first-order valence-electron chi connectivity index (χ1n) is 5.36. The average Bonchev–Trinajstić information content (AvgIpc) is 2.86. The number of hydrogen-bond donors (Lipinski definition) is 1. The minimum atomic E-state index is -3.44. The predicted molar refractivity (Wildman–Crippen MR) is 67.5 cm³/mol. The molecule has 1 aromatic rings. The maximum atomic E-state index is 12.3. The first-order valence-corrected chi connectivity index (χ1v) is 7.68. The van der Waals surface area contributed by atoms with Gasteiger partial charge in [-0.25, -0.2) is 8.42 Å². The highest BCUT2D eigenvalue weighted by Crippen LogP contribution is 2.28. The minimum absolute atomic E-state index is 0.0629.